The van der Waals surface area contributed by atoms with Gasteiger partial charge in [0.25, 0.3) is 0 Å². The van der Waals surface area contributed by atoms with Crippen molar-refractivity contribution in [2.75, 3.05) is 7.11 Å². The van der Waals surface area contributed by atoms with E-state index in [1.54, 1.807) is 31.6 Å². The number of rotatable bonds is 3. The molecule has 2 aliphatic heterocycles. The monoisotopic (exact) mass is 451 g/mol. The van der Waals surface area contributed by atoms with E-state index in [2.05, 4.69) is 27.0 Å². The van der Waals surface area contributed by atoms with E-state index in [4.69, 9.17) is 14.6 Å². The van der Waals surface area contributed by atoms with Crippen LogP contribution in [0.4, 0.5) is 0 Å². The van der Waals surface area contributed by atoms with Gasteiger partial charge in [-0.1, -0.05) is 22.0 Å². The summed E-state index contributed by atoms with van der Waals surface area (Å²) in [5.41, 5.74) is 3.43. The molecule has 3 aromatic rings. The third kappa shape index (κ3) is 3.11. The molecule has 6 nitrogen and oxygen atoms in total. The number of fused-ring (bicyclic) bond motifs is 3. The standard InChI is InChI=1S/C22H18BrN3O3/c1-28-15-5-6-20(27)16(10-15)18-11-19-17-9-14(23)4-7-21(17)29-22(26(19)25-18)13-3-2-8-24-12-13/h2-10,12,19,22,27H,11H2,1H3/t19-,22-/m0/s1. The van der Waals surface area contributed by atoms with Gasteiger partial charge in [0.15, 0.2) is 0 Å². The van der Waals surface area contributed by atoms with Gasteiger partial charge in [0.1, 0.15) is 17.2 Å². The predicted octanol–water partition coefficient (Wildman–Crippen LogP) is 4.80. The Morgan fingerprint density at radius 3 is 2.90 bits per heavy atom. The van der Waals surface area contributed by atoms with Crippen molar-refractivity contribution < 1.29 is 14.6 Å². The fourth-order valence-corrected chi connectivity index (χ4v) is 4.21. The van der Waals surface area contributed by atoms with Crippen molar-refractivity contribution in [3.05, 3.63) is 82.1 Å². The summed E-state index contributed by atoms with van der Waals surface area (Å²) in [6.45, 7) is 0. The Bertz CT molecular complexity index is 1100. The molecule has 2 aromatic carbocycles. The molecule has 7 heteroatoms. The van der Waals surface area contributed by atoms with Crippen LogP contribution >= 0.6 is 15.9 Å². The van der Waals surface area contributed by atoms with Crippen LogP contribution in [0.25, 0.3) is 0 Å². The van der Waals surface area contributed by atoms with Gasteiger partial charge in [-0.3, -0.25) is 4.98 Å². The Morgan fingerprint density at radius 1 is 1.21 bits per heavy atom. The van der Waals surface area contributed by atoms with E-state index in [0.29, 0.717) is 17.7 Å². The Morgan fingerprint density at radius 2 is 2.10 bits per heavy atom. The molecule has 0 fully saturated rings. The first-order valence-electron chi connectivity index (χ1n) is 9.23. The second-order valence-electron chi connectivity index (χ2n) is 6.97. The lowest BCUT2D eigenvalue weighted by atomic mass is 9.95. The fraction of sp³-hybridized carbons (Fsp3) is 0.182. The maximum absolute atomic E-state index is 10.4. The normalized spacial score (nSPS) is 19.8. The number of benzene rings is 2. The van der Waals surface area contributed by atoms with Crippen molar-refractivity contribution in [1.29, 1.82) is 0 Å². The van der Waals surface area contributed by atoms with Gasteiger partial charge in [0, 0.05) is 40.0 Å². The van der Waals surface area contributed by atoms with Gasteiger partial charge in [-0.25, -0.2) is 5.01 Å². The molecule has 0 radical (unpaired) electrons. The maximum atomic E-state index is 10.4. The van der Waals surface area contributed by atoms with Crippen LogP contribution in [0.1, 0.15) is 35.4 Å². The van der Waals surface area contributed by atoms with E-state index < -0.39 is 6.23 Å². The number of hydrogen-bond donors (Lipinski definition) is 1. The van der Waals surface area contributed by atoms with Gasteiger partial charge in [-0.2, -0.15) is 5.10 Å². The summed E-state index contributed by atoms with van der Waals surface area (Å²) in [5, 5.41) is 17.3. The van der Waals surface area contributed by atoms with E-state index in [1.807, 2.05) is 35.3 Å². The molecule has 1 N–H and O–H groups in total. The number of aromatic hydroxyl groups is 1. The molecular weight excluding hydrogens is 434 g/mol. The van der Waals surface area contributed by atoms with Crippen LogP contribution in [-0.4, -0.2) is 27.9 Å². The molecule has 0 unspecified atom stereocenters. The zero-order valence-corrected chi connectivity index (χ0v) is 17.2. The molecule has 5 rings (SSSR count). The van der Waals surface area contributed by atoms with Gasteiger partial charge >= 0.3 is 0 Å². The molecule has 0 amide bonds. The predicted molar refractivity (Wildman–Crippen MR) is 112 cm³/mol. The number of phenols is 1. The summed E-state index contributed by atoms with van der Waals surface area (Å²) in [4.78, 5) is 4.24. The van der Waals surface area contributed by atoms with Crippen LogP contribution in [0.15, 0.2) is 70.5 Å². The highest BCUT2D eigenvalue weighted by atomic mass is 79.9. The third-order valence-corrected chi connectivity index (χ3v) is 5.73. The first-order chi connectivity index (χ1) is 14.1. The number of nitrogens with zero attached hydrogens (tertiary/aromatic N) is 3. The summed E-state index contributed by atoms with van der Waals surface area (Å²) in [7, 11) is 1.61. The highest BCUT2D eigenvalue weighted by molar-refractivity contribution is 9.10. The number of phenolic OH excluding ortho intramolecular Hbond substituents is 1. The first-order valence-corrected chi connectivity index (χ1v) is 10.0. The van der Waals surface area contributed by atoms with Crippen LogP contribution in [0.3, 0.4) is 0 Å². The van der Waals surface area contributed by atoms with Crippen LogP contribution in [0.2, 0.25) is 0 Å². The quantitative estimate of drug-likeness (QED) is 0.619. The molecule has 2 atom stereocenters. The zero-order valence-electron chi connectivity index (χ0n) is 15.6. The van der Waals surface area contributed by atoms with E-state index in [-0.39, 0.29) is 11.8 Å². The number of aromatic nitrogens is 1. The Balaban J connectivity index is 1.62. The number of ether oxygens (including phenoxy) is 2. The molecule has 0 saturated heterocycles. The lowest BCUT2D eigenvalue weighted by Crippen LogP contribution is -2.33. The molecule has 0 saturated carbocycles. The van der Waals surface area contributed by atoms with E-state index in [9.17, 15) is 5.11 Å². The second kappa shape index (κ2) is 7.08. The van der Waals surface area contributed by atoms with Gasteiger partial charge in [0.05, 0.1) is 18.9 Å². The van der Waals surface area contributed by atoms with Crippen LogP contribution < -0.4 is 9.47 Å². The molecule has 29 heavy (non-hydrogen) atoms. The highest BCUT2D eigenvalue weighted by Gasteiger charge is 2.41. The van der Waals surface area contributed by atoms with Crippen molar-refractivity contribution >= 4 is 21.6 Å². The number of pyridine rings is 1. The summed E-state index contributed by atoms with van der Waals surface area (Å²) >= 11 is 3.56. The van der Waals surface area contributed by atoms with Crippen LogP contribution in [0.5, 0.6) is 17.2 Å². The van der Waals surface area contributed by atoms with E-state index >= 15 is 0 Å². The minimum Gasteiger partial charge on any atom is -0.507 e. The van der Waals surface area contributed by atoms with Crippen LogP contribution in [-0.2, 0) is 0 Å². The number of halogens is 1. The number of hydrogen-bond acceptors (Lipinski definition) is 6. The molecule has 146 valence electrons. The Kier molecular flexibility index (Phi) is 4.39. The van der Waals surface area contributed by atoms with Crippen LogP contribution in [0, 0.1) is 0 Å². The topological polar surface area (TPSA) is 67.2 Å². The SMILES string of the molecule is COc1ccc(O)c(C2=NN3[C@@H](C2)c2cc(Br)ccc2O[C@H]3c2cccnc2)c1. The lowest BCUT2D eigenvalue weighted by molar-refractivity contribution is -0.0192. The Labute approximate surface area is 176 Å². The second-order valence-corrected chi connectivity index (χ2v) is 7.88. The van der Waals surface area contributed by atoms with E-state index in [1.165, 1.54) is 0 Å². The van der Waals surface area contributed by atoms with Gasteiger partial charge in [-0.05, 0) is 42.5 Å². The fourth-order valence-electron chi connectivity index (χ4n) is 3.84. The molecule has 0 aliphatic carbocycles. The number of hydrazone groups is 1. The largest absolute Gasteiger partial charge is 0.507 e. The van der Waals surface area contributed by atoms with Gasteiger partial charge in [-0.15, -0.1) is 0 Å². The van der Waals surface area contributed by atoms with Crippen molar-refractivity contribution in [3.8, 4) is 17.2 Å². The summed E-state index contributed by atoms with van der Waals surface area (Å²) in [6.07, 6.45) is 3.78. The summed E-state index contributed by atoms with van der Waals surface area (Å²) < 4.78 is 12.6. The summed E-state index contributed by atoms with van der Waals surface area (Å²) in [6, 6.07) is 15.0. The van der Waals surface area contributed by atoms with E-state index in [0.717, 1.165) is 27.1 Å². The maximum Gasteiger partial charge on any atom is 0.215 e. The van der Waals surface area contributed by atoms with Crippen molar-refractivity contribution in [2.45, 2.75) is 18.7 Å². The first kappa shape index (κ1) is 18.0. The zero-order chi connectivity index (χ0) is 20.0. The minimum absolute atomic E-state index is 0.0120. The smallest absolute Gasteiger partial charge is 0.215 e. The minimum atomic E-state index is -0.396. The summed E-state index contributed by atoms with van der Waals surface area (Å²) in [5.74, 6) is 1.68. The molecule has 0 spiro atoms. The third-order valence-electron chi connectivity index (χ3n) is 5.24. The molecular formula is C22H18BrN3O3. The van der Waals surface area contributed by atoms with Gasteiger partial charge < -0.3 is 14.6 Å². The van der Waals surface area contributed by atoms with Crippen molar-refractivity contribution in [1.82, 2.24) is 9.99 Å². The average Bonchev–Trinajstić information content (AvgIpc) is 3.20. The van der Waals surface area contributed by atoms with Gasteiger partial charge in [0.2, 0.25) is 6.23 Å². The molecule has 2 aliphatic rings. The van der Waals surface area contributed by atoms with Crippen molar-refractivity contribution in [3.63, 3.8) is 0 Å². The molecule has 3 heterocycles. The highest BCUT2D eigenvalue weighted by Crippen LogP contribution is 2.48. The number of methoxy groups -OCH3 is 1. The van der Waals surface area contributed by atoms with Crippen molar-refractivity contribution in [2.24, 2.45) is 5.10 Å². The average molecular weight is 452 g/mol. The molecule has 1 aromatic heterocycles. The molecule has 0 bridgehead atoms. The lowest BCUT2D eigenvalue weighted by Gasteiger charge is -2.38. The Hall–Kier alpha value is -3.06.